The molecular weight excluding hydrogens is 330 g/mol. The fraction of sp³-hybridized carbons (Fsp3) is 0.312. The van der Waals surface area contributed by atoms with Crippen LogP contribution in [-0.4, -0.2) is 52.3 Å². The Bertz CT molecular complexity index is 739. The zero-order valence-corrected chi connectivity index (χ0v) is 13.6. The van der Waals surface area contributed by atoms with E-state index in [9.17, 15) is 9.59 Å². The summed E-state index contributed by atoms with van der Waals surface area (Å²) in [7, 11) is 0. The van der Waals surface area contributed by atoms with Gasteiger partial charge in [0, 0.05) is 37.3 Å². The molecule has 0 aliphatic carbocycles. The van der Waals surface area contributed by atoms with Crippen LogP contribution < -0.4 is 10.2 Å². The Morgan fingerprint density at radius 1 is 1.25 bits per heavy atom. The average molecular weight is 347 g/mol. The van der Waals surface area contributed by atoms with Gasteiger partial charge >= 0.3 is 11.9 Å². The molecule has 1 aromatic carbocycles. The summed E-state index contributed by atoms with van der Waals surface area (Å²) in [6, 6.07) is 9.76. The number of benzene rings is 1. The van der Waals surface area contributed by atoms with E-state index in [2.05, 4.69) is 34.5 Å². The van der Waals surface area contributed by atoms with Gasteiger partial charge in [-0.1, -0.05) is 23.5 Å². The molecule has 7 nitrogen and oxygen atoms in total. The number of anilines is 1. The molecule has 2 saturated heterocycles. The molecule has 2 atom stereocenters. The standard InChI is InChI=1S/C12H13N3S.C4H4O4/c1-2-4-11-10(3-1)14-12(16-11)15-7-8-5-9(15)6-13-8;5-3(6)1-2-4(7)8/h1-4,8-9,13H,5-7H2;1-2H,(H,5,6)(H,7,8)/b;2-1+/t8-,9-;/m0./s1. The van der Waals surface area contributed by atoms with Crippen molar-refractivity contribution in [3.05, 3.63) is 36.4 Å². The van der Waals surface area contributed by atoms with Crippen molar-refractivity contribution in [3.63, 3.8) is 0 Å². The number of nitrogens with one attached hydrogen (secondary N) is 1. The van der Waals surface area contributed by atoms with Gasteiger partial charge in [0.05, 0.1) is 10.2 Å². The lowest BCUT2D eigenvalue weighted by molar-refractivity contribution is -0.134. The van der Waals surface area contributed by atoms with Crippen molar-refractivity contribution >= 4 is 38.6 Å². The molecule has 2 fully saturated rings. The first-order valence-corrected chi connectivity index (χ1v) is 8.34. The molecule has 1 aromatic heterocycles. The molecule has 0 radical (unpaired) electrons. The number of hydrogen-bond donors (Lipinski definition) is 3. The number of carboxylic acid groups (broad SMARTS) is 2. The predicted molar refractivity (Wildman–Crippen MR) is 91.6 cm³/mol. The molecule has 2 aliphatic rings. The van der Waals surface area contributed by atoms with Crippen molar-refractivity contribution in [2.45, 2.75) is 18.5 Å². The highest BCUT2D eigenvalue weighted by molar-refractivity contribution is 7.22. The van der Waals surface area contributed by atoms with Gasteiger partial charge in [-0.2, -0.15) is 0 Å². The fourth-order valence-corrected chi connectivity index (χ4v) is 3.97. The molecule has 24 heavy (non-hydrogen) atoms. The predicted octanol–water partition coefficient (Wildman–Crippen LogP) is 1.56. The van der Waals surface area contributed by atoms with E-state index in [1.165, 1.54) is 16.3 Å². The molecule has 3 N–H and O–H groups in total. The second-order valence-electron chi connectivity index (χ2n) is 5.62. The van der Waals surface area contributed by atoms with E-state index < -0.39 is 11.9 Å². The number of para-hydroxylation sites is 1. The minimum atomic E-state index is -1.26. The Hall–Kier alpha value is -2.45. The molecule has 2 aromatic rings. The Morgan fingerprint density at radius 2 is 1.96 bits per heavy atom. The first kappa shape index (κ1) is 16.4. The molecule has 0 spiro atoms. The van der Waals surface area contributed by atoms with Crippen molar-refractivity contribution in [2.24, 2.45) is 0 Å². The number of piperazine rings is 1. The quantitative estimate of drug-likeness (QED) is 0.724. The number of carbonyl (C=O) groups is 2. The summed E-state index contributed by atoms with van der Waals surface area (Å²) in [6.07, 6.45) is 2.40. The second kappa shape index (κ2) is 6.98. The van der Waals surface area contributed by atoms with Crippen LogP contribution in [0.3, 0.4) is 0 Å². The largest absolute Gasteiger partial charge is 0.478 e. The van der Waals surface area contributed by atoms with Gasteiger partial charge in [0.25, 0.3) is 0 Å². The Kier molecular flexibility index (Phi) is 4.77. The van der Waals surface area contributed by atoms with Crippen LogP contribution in [0.5, 0.6) is 0 Å². The van der Waals surface area contributed by atoms with E-state index in [4.69, 9.17) is 15.2 Å². The van der Waals surface area contributed by atoms with Gasteiger partial charge in [0.1, 0.15) is 0 Å². The van der Waals surface area contributed by atoms with Gasteiger partial charge in [-0.15, -0.1) is 0 Å². The topological polar surface area (TPSA) is 103 Å². The first-order valence-electron chi connectivity index (χ1n) is 7.52. The fourth-order valence-electron chi connectivity index (χ4n) is 2.92. The number of aromatic nitrogens is 1. The van der Waals surface area contributed by atoms with E-state index in [-0.39, 0.29) is 0 Å². The highest BCUT2D eigenvalue weighted by atomic mass is 32.1. The van der Waals surface area contributed by atoms with Crippen LogP contribution in [0.2, 0.25) is 0 Å². The third-order valence-electron chi connectivity index (χ3n) is 3.95. The lowest BCUT2D eigenvalue weighted by Crippen LogP contribution is -2.43. The van der Waals surface area contributed by atoms with Crippen LogP contribution >= 0.6 is 11.3 Å². The zero-order valence-electron chi connectivity index (χ0n) is 12.8. The number of thiazole rings is 1. The summed E-state index contributed by atoms with van der Waals surface area (Å²) < 4.78 is 1.30. The molecule has 4 rings (SSSR count). The Labute approximate surface area is 142 Å². The number of carboxylic acids is 2. The van der Waals surface area contributed by atoms with E-state index in [1.807, 2.05) is 11.3 Å². The molecule has 3 heterocycles. The van der Waals surface area contributed by atoms with E-state index >= 15 is 0 Å². The molecule has 2 aliphatic heterocycles. The maximum absolute atomic E-state index is 9.55. The molecule has 126 valence electrons. The highest BCUT2D eigenvalue weighted by Gasteiger charge is 2.38. The van der Waals surface area contributed by atoms with E-state index in [1.54, 1.807) is 0 Å². The summed E-state index contributed by atoms with van der Waals surface area (Å²) in [5, 5.41) is 20.4. The van der Waals surface area contributed by atoms with Crippen LogP contribution in [0.1, 0.15) is 6.42 Å². The molecular formula is C16H17N3O4S. The molecule has 0 amide bonds. The van der Waals surface area contributed by atoms with Crippen molar-refractivity contribution in [3.8, 4) is 0 Å². The lowest BCUT2D eigenvalue weighted by Gasteiger charge is -2.26. The van der Waals surface area contributed by atoms with Gasteiger partial charge in [-0.25, -0.2) is 14.6 Å². The number of aliphatic carboxylic acids is 2. The SMILES string of the molecule is O=C(O)/C=C/C(=O)O.c1ccc2sc(N3C[C@@H]4C[C@H]3CN4)nc2c1. The average Bonchev–Trinajstić information content (AvgIpc) is 3.27. The highest BCUT2D eigenvalue weighted by Crippen LogP contribution is 2.34. The van der Waals surface area contributed by atoms with Gasteiger partial charge in [-0.05, 0) is 18.6 Å². The second-order valence-corrected chi connectivity index (χ2v) is 6.63. The van der Waals surface area contributed by atoms with Crippen LogP contribution in [0.4, 0.5) is 5.13 Å². The zero-order chi connectivity index (χ0) is 17.1. The monoisotopic (exact) mass is 347 g/mol. The molecule has 0 saturated carbocycles. The van der Waals surface area contributed by atoms with Gasteiger partial charge < -0.3 is 20.4 Å². The maximum Gasteiger partial charge on any atom is 0.328 e. The Morgan fingerprint density at radius 3 is 2.50 bits per heavy atom. The van der Waals surface area contributed by atoms with E-state index in [0.29, 0.717) is 24.2 Å². The minimum absolute atomic E-state index is 0.558. The van der Waals surface area contributed by atoms with Gasteiger partial charge in [0.2, 0.25) is 0 Å². The van der Waals surface area contributed by atoms with Crippen molar-refractivity contribution in [2.75, 3.05) is 18.0 Å². The minimum Gasteiger partial charge on any atom is -0.478 e. The summed E-state index contributed by atoms with van der Waals surface area (Å²) in [6.45, 7) is 2.26. The molecule has 8 heteroatoms. The Balaban J connectivity index is 0.000000183. The molecule has 2 bridgehead atoms. The van der Waals surface area contributed by atoms with Crippen LogP contribution in [-0.2, 0) is 9.59 Å². The number of hydrogen-bond acceptors (Lipinski definition) is 6. The molecule has 0 unspecified atom stereocenters. The van der Waals surface area contributed by atoms with Gasteiger partial charge in [0.15, 0.2) is 5.13 Å². The summed E-state index contributed by atoms with van der Waals surface area (Å²) in [5.74, 6) is -2.51. The maximum atomic E-state index is 9.55. The summed E-state index contributed by atoms with van der Waals surface area (Å²) in [4.78, 5) is 26.3. The number of rotatable bonds is 3. The summed E-state index contributed by atoms with van der Waals surface area (Å²) in [5.41, 5.74) is 1.14. The van der Waals surface area contributed by atoms with Gasteiger partial charge in [-0.3, -0.25) is 0 Å². The van der Waals surface area contributed by atoms with Crippen molar-refractivity contribution < 1.29 is 19.8 Å². The smallest absolute Gasteiger partial charge is 0.328 e. The van der Waals surface area contributed by atoms with Crippen molar-refractivity contribution in [1.29, 1.82) is 0 Å². The summed E-state index contributed by atoms with van der Waals surface area (Å²) >= 11 is 1.82. The van der Waals surface area contributed by atoms with Crippen molar-refractivity contribution in [1.82, 2.24) is 10.3 Å². The van der Waals surface area contributed by atoms with E-state index in [0.717, 1.165) is 18.6 Å². The van der Waals surface area contributed by atoms with Crippen LogP contribution in [0.25, 0.3) is 10.2 Å². The first-order chi connectivity index (χ1) is 11.5. The third kappa shape index (κ3) is 3.72. The normalized spacial score (nSPS) is 21.9. The lowest BCUT2D eigenvalue weighted by atomic mass is 10.2. The third-order valence-corrected chi connectivity index (χ3v) is 5.03. The number of nitrogens with zero attached hydrogens (tertiary/aromatic N) is 2. The van der Waals surface area contributed by atoms with Crippen LogP contribution in [0.15, 0.2) is 36.4 Å². The van der Waals surface area contributed by atoms with Crippen LogP contribution in [0, 0.1) is 0 Å². The number of fused-ring (bicyclic) bond motifs is 3.